The monoisotopic (exact) mass is 416 g/mol. The van der Waals surface area contributed by atoms with E-state index in [0.717, 1.165) is 6.29 Å². The van der Waals surface area contributed by atoms with Crippen LogP contribution < -0.4 is 9.47 Å². The number of aldehydes is 1. The fraction of sp³-hybridized carbons (Fsp3) is 0.133. The van der Waals surface area contributed by atoms with Crippen molar-refractivity contribution in [3.05, 3.63) is 56.2 Å². The van der Waals surface area contributed by atoms with Crippen LogP contribution in [0.4, 0.5) is 4.39 Å². The van der Waals surface area contributed by atoms with Crippen molar-refractivity contribution in [2.45, 2.75) is 6.61 Å². The molecular formula is C15H11Br2FO3. The molecule has 110 valence electrons. The van der Waals surface area contributed by atoms with Gasteiger partial charge in [0.05, 0.1) is 16.1 Å². The summed E-state index contributed by atoms with van der Waals surface area (Å²) in [6.07, 6.45) is 0.739. The van der Waals surface area contributed by atoms with E-state index in [-0.39, 0.29) is 6.61 Å². The van der Waals surface area contributed by atoms with Gasteiger partial charge in [-0.1, -0.05) is 0 Å². The Balaban J connectivity index is 2.18. The van der Waals surface area contributed by atoms with Crippen molar-refractivity contribution in [1.82, 2.24) is 0 Å². The van der Waals surface area contributed by atoms with Crippen LogP contribution in [0, 0.1) is 5.82 Å². The second-order valence-electron chi connectivity index (χ2n) is 4.18. The first-order chi connectivity index (χ1) is 10.0. The van der Waals surface area contributed by atoms with Gasteiger partial charge in [-0.05, 0) is 56.1 Å². The molecule has 2 aromatic rings. The predicted molar refractivity (Wildman–Crippen MR) is 84.5 cm³/mol. The molecule has 0 aliphatic carbocycles. The highest BCUT2D eigenvalue weighted by Crippen LogP contribution is 2.35. The molecule has 0 radical (unpaired) electrons. The lowest BCUT2D eigenvalue weighted by Crippen LogP contribution is -2.00. The molecule has 0 saturated heterocycles. The number of halogens is 3. The van der Waals surface area contributed by atoms with Crippen LogP contribution in [0.15, 0.2) is 39.3 Å². The van der Waals surface area contributed by atoms with Crippen molar-refractivity contribution in [2.24, 2.45) is 0 Å². The zero-order valence-corrected chi connectivity index (χ0v) is 14.2. The molecule has 0 fully saturated rings. The van der Waals surface area contributed by atoms with E-state index in [1.165, 1.54) is 13.2 Å². The molecule has 2 rings (SSSR count). The Bertz CT molecular complexity index is 651. The summed E-state index contributed by atoms with van der Waals surface area (Å²) in [5, 5.41) is 0. The summed E-state index contributed by atoms with van der Waals surface area (Å²) in [5.74, 6) is 0.566. The van der Waals surface area contributed by atoms with Crippen LogP contribution in [0.1, 0.15) is 15.9 Å². The summed E-state index contributed by atoms with van der Waals surface area (Å²) in [4.78, 5) is 10.8. The zero-order chi connectivity index (χ0) is 15.4. The molecule has 0 spiro atoms. The third-order valence-corrected chi connectivity index (χ3v) is 3.97. The van der Waals surface area contributed by atoms with Crippen molar-refractivity contribution in [3.63, 3.8) is 0 Å². The predicted octanol–water partition coefficient (Wildman–Crippen LogP) is 4.75. The number of rotatable bonds is 5. The quantitative estimate of drug-likeness (QED) is 0.658. The van der Waals surface area contributed by atoms with Gasteiger partial charge in [0, 0.05) is 17.2 Å². The van der Waals surface area contributed by atoms with Crippen molar-refractivity contribution in [1.29, 1.82) is 0 Å². The highest BCUT2D eigenvalue weighted by Gasteiger charge is 2.11. The third kappa shape index (κ3) is 3.83. The largest absolute Gasteiger partial charge is 0.497 e. The number of methoxy groups -OCH3 is 1. The maximum Gasteiger partial charge on any atom is 0.150 e. The van der Waals surface area contributed by atoms with E-state index in [1.54, 1.807) is 24.3 Å². The summed E-state index contributed by atoms with van der Waals surface area (Å²) in [5.41, 5.74) is 0.922. The summed E-state index contributed by atoms with van der Waals surface area (Å²) >= 11 is 6.65. The van der Waals surface area contributed by atoms with E-state index in [9.17, 15) is 9.18 Å². The number of ether oxygens (including phenoxy) is 2. The van der Waals surface area contributed by atoms with Crippen molar-refractivity contribution < 1.29 is 18.7 Å². The topological polar surface area (TPSA) is 35.5 Å². The summed E-state index contributed by atoms with van der Waals surface area (Å²) in [7, 11) is 1.48. The van der Waals surface area contributed by atoms with Gasteiger partial charge in [0.2, 0.25) is 0 Å². The van der Waals surface area contributed by atoms with Gasteiger partial charge in [0.15, 0.2) is 0 Å². The summed E-state index contributed by atoms with van der Waals surface area (Å²) < 4.78 is 25.6. The first-order valence-corrected chi connectivity index (χ1v) is 7.53. The molecule has 0 aromatic heterocycles. The molecule has 0 atom stereocenters. The average molecular weight is 418 g/mol. The Hall–Kier alpha value is -1.40. The lowest BCUT2D eigenvalue weighted by molar-refractivity contribution is 0.112. The van der Waals surface area contributed by atoms with Gasteiger partial charge in [0.25, 0.3) is 0 Å². The Morgan fingerprint density at radius 1 is 1.19 bits per heavy atom. The maximum atomic E-state index is 13.8. The van der Waals surface area contributed by atoms with E-state index >= 15 is 0 Å². The SMILES string of the molecule is COc1ccc(COc2c(Br)cc(C=O)cc2Br)c(F)c1. The van der Waals surface area contributed by atoms with E-state index in [1.807, 2.05) is 0 Å². The van der Waals surface area contributed by atoms with E-state index in [4.69, 9.17) is 9.47 Å². The third-order valence-electron chi connectivity index (χ3n) is 2.79. The van der Waals surface area contributed by atoms with Gasteiger partial charge < -0.3 is 9.47 Å². The highest BCUT2D eigenvalue weighted by molar-refractivity contribution is 9.11. The second kappa shape index (κ2) is 7.04. The van der Waals surface area contributed by atoms with Crippen LogP contribution >= 0.6 is 31.9 Å². The molecule has 0 heterocycles. The normalized spacial score (nSPS) is 10.3. The van der Waals surface area contributed by atoms with Crippen LogP contribution in [0.2, 0.25) is 0 Å². The second-order valence-corrected chi connectivity index (χ2v) is 5.89. The average Bonchev–Trinajstić information content (AvgIpc) is 2.47. The summed E-state index contributed by atoms with van der Waals surface area (Å²) in [6.45, 7) is 0.0630. The molecule has 0 N–H and O–H groups in total. The number of carbonyl (C=O) groups is 1. The standard InChI is InChI=1S/C15H11Br2FO3/c1-20-11-3-2-10(14(18)6-11)8-21-15-12(16)4-9(7-19)5-13(15)17/h2-7H,8H2,1H3. The van der Waals surface area contributed by atoms with Gasteiger partial charge in [0.1, 0.15) is 30.2 Å². The number of hydrogen-bond donors (Lipinski definition) is 0. The number of benzene rings is 2. The minimum absolute atomic E-state index is 0.0630. The molecule has 0 aliphatic heterocycles. The van der Waals surface area contributed by atoms with E-state index in [2.05, 4.69) is 31.9 Å². The van der Waals surface area contributed by atoms with E-state index < -0.39 is 5.82 Å². The molecule has 0 aliphatic rings. The Morgan fingerprint density at radius 2 is 1.86 bits per heavy atom. The van der Waals surface area contributed by atoms with Crippen LogP contribution in [0.5, 0.6) is 11.5 Å². The van der Waals surface area contributed by atoms with Crippen LogP contribution in [-0.4, -0.2) is 13.4 Å². The van der Waals surface area contributed by atoms with Gasteiger partial charge in [-0.25, -0.2) is 4.39 Å². The maximum absolute atomic E-state index is 13.8. The number of carbonyl (C=O) groups excluding carboxylic acids is 1. The lowest BCUT2D eigenvalue weighted by Gasteiger charge is -2.12. The Morgan fingerprint density at radius 3 is 2.38 bits per heavy atom. The van der Waals surface area contributed by atoms with E-state index in [0.29, 0.717) is 31.6 Å². The molecule has 6 heteroatoms. The Kier molecular flexibility index (Phi) is 5.36. The van der Waals surface area contributed by atoms with Gasteiger partial charge in [-0.3, -0.25) is 4.79 Å². The minimum atomic E-state index is -0.397. The minimum Gasteiger partial charge on any atom is -0.497 e. The first-order valence-electron chi connectivity index (χ1n) is 5.94. The smallest absolute Gasteiger partial charge is 0.150 e. The fourth-order valence-corrected chi connectivity index (χ4v) is 3.16. The fourth-order valence-electron chi connectivity index (χ4n) is 1.71. The Labute approximate surface area is 138 Å². The van der Waals surface area contributed by atoms with Crippen molar-refractivity contribution in [2.75, 3.05) is 7.11 Å². The van der Waals surface area contributed by atoms with Crippen LogP contribution in [0.25, 0.3) is 0 Å². The molecule has 21 heavy (non-hydrogen) atoms. The van der Waals surface area contributed by atoms with Gasteiger partial charge in [-0.2, -0.15) is 0 Å². The molecule has 0 saturated carbocycles. The molecule has 2 aromatic carbocycles. The molecule has 0 bridgehead atoms. The van der Waals surface area contributed by atoms with Gasteiger partial charge in [-0.15, -0.1) is 0 Å². The first kappa shape index (κ1) is 16.0. The summed E-state index contributed by atoms with van der Waals surface area (Å²) in [6, 6.07) is 7.85. The van der Waals surface area contributed by atoms with Crippen LogP contribution in [-0.2, 0) is 6.61 Å². The van der Waals surface area contributed by atoms with Gasteiger partial charge >= 0.3 is 0 Å². The highest BCUT2D eigenvalue weighted by atomic mass is 79.9. The van der Waals surface area contributed by atoms with Crippen molar-refractivity contribution in [3.8, 4) is 11.5 Å². The molecule has 0 unspecified atom stereocenters. The zero-order valence-electron chi connectivity index (χ0n) is 11.0. The van der Waals surface area contributed by atoms with Crippen molar-refractivity contribution >= 4 is 38.1 Å². The lowest BCUT2D eigenvalue weighted by atomic mass is 10.2. The molecule has 3 nitrogen and oxygen atoms in total. The molecule has 0 amide bonds. The molecular weight excluding hydrogens is 407 g/mol. The number of hydrogen-bond acceptors (Lipinski definition) is 3. The van der Waals surface area contributed by atoms with Crippen LogP contribution in [0.3, 0.4) is 0 Å².